The Morgan fingerprint density at radius 3 is 3.23 bits per heavy atom. The second-order valence-electron chi connectivity index (χ2n) is 2.93. The van der Waals surface area contributed by atoms with Gasteiger partial charge in [-0.25, -0.2) is 4.98 Å². The van der Waals surface area contributed by atoms with Crippen molar-refractivity contribution in [3.05, 3.63) is 17.8 Å². The summed E-state index contributed by atoms with van der Waals surface area (Å²) in [6.07, 6.45) is 0.979. The summed E-state index contributed by atoms with van der Waals surface area (Å²) in [5.41, 5.74) is 0.998. The first-order valence-electron chi connectivity index (χ1n) is 4.27. The van der Waals surface area contributed by atoms with E-state index in [1.54, 1.807) is 0 Å². The van der Waals surface area contributed by atoms with Crippen LogP contribution in [0.2, 0.25) is 0 Å². The van der Waals surface area contributed by atoms with Gasteiger partial charge in [0.25, 0.3) is 0 Å². The summed E-state index contributed by atoms with van der Waals surface area (Å²) >= 11 is 3.58. The smallest absolute Gasteiger partial charge is 0.142 e. The first-order chi connectivity index (χ1) is 6.31. The van der Waals surface area contributed by atoms with Gasteiger partial charge in [0.1, 0.15) is 11.6 Å². The second-order valence-corrected chi connectivity index (χ2v) is 4.04. The van der Waals surface area contributed by atoms with E-state index in [-0.39, 0.29) is 0 Å². The lowest BCUT2D eigenvalue weighted by Crippen LogP contribution is -2.12. The highest BCUT2D eigenvalue weighted by molar-refractivity contribution is 9.09. The van der Waals surface area contributed by atoms with Gasteiger partial charge in [0.2, 0.25) is 0 Å². The van der Waals surface area contributed by atoms with Gasteiger partial charge in [-0.2, -0.15) is 0 Å². The van der Waals surface area contributed by atoms with Crippen molar-refractivity contribution in [2.75, 3.05) is 19.0 Å². The molecule has 1 aliphatic rings. The molecule has 1 unspecified atom stereocenters. The zero-order chi connectivity index (χ0) is 9.26. The van der Waals surface area contributed by atoms with Gasteiger partial charge in [-0.05, 0) is 18.6 Å². The molecule has 0 bridgehead atoms. The standard InChI is InChI=1S/C9H11BrN2O/c1-11-8-3-2-7-9(12-8)6(10)4-5-13-7/h2-3,6H,4-5H2,1H3,(H,11,12). The van der Waals surface area contributed by atoms with Crippen LogP contribution in [-0.4, -0.2) is 18.6 Å². The number of hydrogen-bond acceptors (Lipinski definition) is 3. The molecule has 70 valence electrons. The molecule has 0 radical (unpaired) electrons. The summed E-state index contributed by atoms with van der Waals surface area (Å²) in [5, 5.41) is 3.01. The number of aromatic nitrogens is 1. The monoisotopic (exact) mass is 242 g/mol. The van der Waals surface area contributed by atoms with Crippen molar-refractivity contribution in [2.45, 2.75) is 11.2 Å². The maximum Gasteiger partial charge on any atom is 0.142 e. The molecular formula is C9H11BrN2O. The quantitative estimate of drug-likeness (QED) is 0.768. The van der Waals surface area contributed by atoms with Crippen LogP contribution in [0, 0.1) is 0 Å². The zero-order valence-electron chi connectivity index (χ0n) is 7.38. The number of rotatable bonds is 1. The van der Waals surface area contributed by atoms with E-state index in [2.05, 4.69) is 26.2 Å². The first-order valence-corrected chi connectivity index (χ1v) is 5.18. The number of pyridine rings is 1. The number of hydrogen-bond donors (Lipinski definition) is 1. The fourth-order valence-corrected chi connectivity index (χ4v) is 1.87. The van der Waals surface area contributed by atoms with E-state index in [0.29, 0.717) is 4.83 Å². The van der Waals surface area contributed by atoms with E-state index in [0.717, 1.165) is 30.3 Å². The number of fused-ring (bicyclic) bond motifs is 1. The third-order valence-corrected chi connectivity index (χ3v) is 2.96. The number of alkyl halides is 1. The van der Waals surface area contributed by atoms with Crippen molar-refractivity contribution in [2.24, 2.45) is 0 Å². The molecule has 2 rings (SSSR count). The third-order valence-electron chi connectivity index (χ3n) is 2.07. The second kappa shape index (κ2) is 3.54. The van der Waals surface area contributed by atoms with Crippen molar-refractivity contribution in [3.63, 3.8) is 0 Å². The van der Waals surface area contributed by atoms with Crippen LogP contribution in [0.15, 0.2) is 12.1 Å². The number of halogens is 1. The Labute approximate surface area is 85.6 Å². The van der Waals surface area contributed by atoms with Crippen LogP contribution in [0.25, 0.3) is 0 Å². The minimum absolute atomic E-state index is 0.324. The van der Waals surface area contributed by atoms with E-state index in [4.69, 9.17) is 4.74 Å². The molecular weight excluding hydrogens is 232 g/mol. The van der Waals surface area contributed by atoms with E-state index in [9.17, 15) is 0 Å². The largest absolute Gasteiger partial charge is 0.492 e. The van der Waals surface area contributed by atoms with Crippen molar-refractivity contribution in [3.8, 4) is 5.75 Å². The summed E-state index contributed by atoms with van der Waals surface area (Å²) in [5.74, 6) is 1.78. The predicted octanol–water partition coefficient (Wildman–Crippen LogP) is 2.34. The van der Waals surface area contributed by atoms with Gasteiger partial charge in [0.05, 0.1) is 17.1 Å². The molecule has 4 heteroatoms. The van der Waals surface area contributed by atoms with Crippen LogP contribution in [0.5, 0.6) is 5.75 Å². The Morgan fingerprint density at radius 2 is 2.46 bits per heavy atom. The van der Waals surface area contributed by atoms with Gasteiger partial charge < -0.3 is 10.1 Å². The first kappa shape index (κ1) is 8.81. The SMILES string of the molecule is CNc1ccc2c(n1)C(Br)CCO2. The topological polar surface area (TPSA) is 34.2 Å². The average molecular weight is 243 g/mol. The van der Waals surface area contributed by atoms with Gasteiger partial charge in [-0.3, -0.25) is 0 Å². The molecule has 1 aromatic heterocycles. The van der Waals surface area contributed by atoms with Crippen molar-refractivity contribution >= 4 is 21.7 Å². The third kappa shape index (κ3) is 1.63. The van der Waals surface area contributed by atoms with E-state index >= 15 is 0 Å². The lowest BCUT2D eigenvalue weighted by Gasteiger charge is -2.21. The highest BCUT2D eigenvalue weighted by Gasteiger charge is 2.20. The summed E-state index contributed by atoms with van der Waals surface area (Å²) in [4.78, 5) is 4.75. The molecule has 1 atom stereocenters. The molecule has 2 heterocycles. The predicted molar refractivity (Wildman–Crippen MR) is 55.6 cm³/mol. The molecule has 0 saturated heterocycles. The van der Waals surface area contributed by atoms with Crippen LogP contribution in [-0.2, 0) is 0 Å². The van der Waals surface area contributed by atoms with E-state index in [1.807, 2.05) is 19.2 Å². The summed E-state index contributed by atoms with van der Waals surface area (Å²) in [6, 6.07) is 3.88. The molecule has 0 aromatic carbocycles. The van der Waals surface area contributed by atoms with Crippen molar-refractivity contribution < 1.29 is 4.74 Å². The van der Waals surface area contributed by atoms with Gasteiger partial charge in [-0.1, -0.05) is 15.9 Å². The summed E-state index contributed by atoms with van der Waals surface area (Å²) in [6.45, 7) is 0.767. The lowest BCUT2D eigenvalue weighted by molar-refractivity contribution is 0.284. The Balaban J connectivity index is 2.41. The molecule has 13 heavy (non-hydrogen) atoms. The Bertz CT molecular complexity index is 316. The zero-order valence-corrected chi connectivity index (χ0v) is 8.97. The minimum atomic E-state index is 0.324. The van der Waals surface area contributed by atoms with Crippen LogP contribution < -0.4 is 10.1 Å². The molecule has 0 saturated carbocycles. The summed E-state index contributed by atoms with van der Waals surface area (Å²) in [7, 11) is 1.86. The average Bonchev–Trinajstić information content (AvgIpc) is 2.18. The number of nitrogens with zero attached hydrogens (tertiary/aromatic N) is 1. The van der Waals surface area contributed by atoms with Crippen molar-refractivity contribution in [1.82, 2.24) is 4.98 Å². The van der Waals surface area contributed by atoms with Gasteiger partial charge in [0, 0.05) is 7.05 Å². The maximum absolute atomic E-state index is 5.47. The van der Waals surface area contributed by atoms with Gasteiger partial charge in [0.15, 0.2) is 0 Å². The van der Waals surface area contributed by atoms with Gasteiger partial charge in [-0.15, -0.1) is 0 Å². The fraction of sp³-hybridized carbons (Fsp3) is 0.444. The van der Waals surface area contributed by atoms with Gasteiger partial charge >= 0.3 is 0 Å². The number of ether oxygens (including phenoxy) is 1. The molecule has 0 fully saturated rings. The molecule has 1 aromatic rings. The molecule has 0 aliphatic carbocycles. The van der Waals surface area contributed by atoms with Crippen LogP contribution in [0.1, 0.15) is 16.9 Å². The lowest BCUT2D eigenvalue weighted by atomic mass is 10.1. The maximum atomic E-state index is 5.47. The highest BCUT2D eigenvalue weighted by atomic mass is 79.9. The molecule has 1 aliphatic heterocycles. The molecule has 0 spiro atoms. The molecule has 0 amide bonds. The minimum Gasteiger partial charge on any atom is -0.492 e. The highest BCUT2D eigenvalue weighted by Crippen LogP contribution is 2.36. The molecule has 3 nitrogen and oxygen atoms in total. The normalized spacial score (nSPS) is 20.3. The Morgan fingerprint density at radius 1 is 1.62 bits per heavy atom. The number of anilines is 1. The molecule has 1 N–H and O–H groups in total. The van der Waals surface area contributed by atoms with Crippen LogP contribution >= 0.6 is 15.9 Å². The Kier molecular flexibility index (Phi) is 2.40. The van der Waals surface area contributed by atoms with E-state index in [1.165, 1.54) is 0 Å². The van der Waals surface area contributed by atoms with Crippen molar-refractivity contribution in [1.29, 1.82) is 0 Å². The van der Waals surface area contributed by atoms with Crippen LogP contribution in [0.3, 0.4) is 0 Å². The fourth-order valence-electron chi connectivity index (χ4n) is 1.36. The Hall–Kier alpha value is -0.770. The number of nitrogens with one attached hydrogen (secondary N) is 1. The van der Waals surface area contributed by atoms with Crippen LogP contribution in [0.4, 0.5) is 5.82 Å². The van der Waals surface area contributed by atoms with E-state index < -0.39 is 0 Å². The summed E-state index contributed by atoms with van der Waals surface area (Å²) < 4.78 is 5.47.